The van der Waals surface area contributed by atoms with Gasteiger partial charge in [-0.25, -0.2) is 0 Å². The number of carbonyl (C=O) groups is 1. The van der Waals surface area contributed by atoms with Crippen LogP contribution in [0, 0.1) is 0 Å². The molecular formula is C11H12BrKO5. The molecule has 7 heteroatoms. The molecule has 0 saturated heterocycles. The van der Waals surface area contributed by atoms with E-state index in [1.807, 2.05) is 18.2 Å². The van der Waals surface area contributed by atoms with Crippen molar-refractivity contribution < 1.29 is 75.9 Å². The number of ether oxygens (including phenoxy) is 2. The predicted octanol–water partition coefficient (Wildman–Crippen LogP) is -1.09. The average molecular weight is 343 g/mol. The summed E-state index contributed by atoms with van der Waals surface area (Å²) in [6, 6.07) is 5.57. The second-order valence-corrected chi connectivity index (χ2v) is 3.52. The Morgan fingerprint density at radius 2 is 2.17 bits per heavy atom. The third kappa shape index (κ3) is 9.92. The molecule has 0 radical (unpaired) electrons. The van der Waals surface area contributed by atoms with Gasteiger partial charge in [-0.2, -0.15) is 0 Å². The van der Waals surface area contributed by atoms with Crippen molar-refractivity contribution in [1.82, 2.24) is 0 Å². The van der Waals surface area contributed by atoms with Crippen LogP contribution in [0.3, 0.4) is 0 Å². The van der Waals surface area contributed by atoms with Crippen LogP contribution in [0.1, 0.15) is 0 Å². The van der Waals surface area contributed by atoms with Crippen molar-refractivity contribution in [3.05, 3.63) is 35.3 Å². The summed E-state index contributed by atoms with van der Waals surface area (Å²) in [5, 5.41) is 15.3. The minimum absolute atomic E-state index is 0. The zero-order valence-corrected chi connectivity index (χ0v) is 14.9. The molecule has 0 aliphatic rings. The summed E-state index contributed by atoms with van der Waals surface area (Å²) in [5.41, 5.74) is 0. The third-order valence-electron chi connectivity index (χ3n) is 1.49. The predicted molar refractivity (Wildman–Crippen MR) is 64.4 cm³/mol. The second-order valence-electron chi connectivity index (χ2n) is 2.66. The van der Waals surface area contributed by atoms with Crippen LogP contribution in [0.25, 0.3) is 0 Å². The summed E-state index contributed by atoms with van der Waals surface area (Å²) in [6.45, 7) is 4.08. The Bertz CT molecular complexity index is 380. The SMILES string of the molecule is C=CCOc1ccc(OC)c(Br)c1.O=C([O-])O.[K+]. The van der Waals surface area contributed by atoms with Crippen LogP contribution < -0.4 is 66.0 Å². The number of halogens is 1. The van der Waals surface area contributed by atoms with Gasteiger partial charge in [0.15, 0.2) is 0 Å². The maximum Gasteiger partial charge on any atom is 1.00 e. The van der Waals surface area contributed by atoms with E-state index >= 15 is 0 Å². The fourth-order valence-corrected chi connectivity index (χ4v) is 1.41. The van der Waals surface area contributed by atoms with Gasteiger partial charge >= 0.3 is 51.4 Å². The zero-order valence-electron chi connectivity index (χ0n) is 10.2. The molecule has 1 aromatic rings. The summed E-state index contributed by atoms with van der Waals surface area (Å²) in [4.78, 5) is 8.44. The van der Waals surface area contributed by atoms with Crippen molar-refractivity contribution in [2.75, 3.05) is 13.7 Å². The second kappa shape index (κ2) is 12.0. The number of hydrogen-bond donors (Lipinski definition) is 1. The smallest absolute Gasteiger partial charge is 0.565 e. The molecule has 94 valence electrons. The first kappa shape index (κ1) is 20.3. The summed E-state index contributed by atoms with van der Waals surface area (Å²) in [6.07, 6.45) is -0.377. The largest absolute Gasteiger partial charge is 1.00 e. The minimum atomic E-state index is -2.08. The van der Waals surface area contributed by atoms with Gasteiger partial charge < -0.3 is 24.5 Å². The number of carboxylic acid groups (broad SMARTS) is 2. The standard InChI is InChI=1S/C10H11BrO2.CH2O3.K/c1-3-6-13-8-4-5-10(12-2)9(11)7-8;2-1(3)4;/h3-5,7H,1,6H2,2H3;(H2,2,3,4);/q;;+1/p-1. The summed E-state index contributed by atoms with van der Waals surface area (Å²) >= 11 is 3.37. The van der Waals surface area contributed by atoms with E-state index in [0.29, 0.717) is 6.61 Å². The van der Waals surface area contributed by atoms with Gasteiger partial charge in [0, 0.05) is 0 Å². The third-order valence-corrected chi connectivity index (χ3v) is 2.11. The summed E-state index contributed by atoms with van der Waals surface area (Å²) in [5.74, 6) is 1.60. The van der Waals surface area contributed by atoms with Crippen molar-refractivity contribution in [2.24, 2.45) is 0 Å². The molecule has 0 aromatic heterocycles. The summed E-state index contributed by atoms with van der Waals surface area (Å²) < 4.78 is 11.3. The summed E-state index contributed by atoms with van der Waals surface area (Å²) in [7, 11) is 1.63. The Balaban J connectivity index is 0. The van der Waals surface area contributed by atoms with E-state index in [-0.39, 0.29) is 51.4 Å². The molecule has 5 nitrogen and oxygen atoms in total. The molecule has 0 aliphatic heterocycles. The van der Waals surface area contributed by atoms with Gasteiger partial charge in [-0.3, -0.25) is 0 Å². The van der Waals surface area contributed by atoms with E-state index in [2.05, 4.69) is 22.5 Å². The molecule has 1 rings (SSSR count). The monoisotopic (exact) mass is 342 g/mol. The van der Waals surface area contributed by atoms with Crippen LogP contribution in [0.4, 0.5) is 4.79 Å². The van der Waals surface area contributed by atoms with Crippen LogP contribution in [0.5, 0.6) is 11.5 Å². The molecule has 1 aromatic carbocycles. The van der Waals surface area contributed by atoms with E-state index < -0.39 is 6.16 Å². The first-order valence-electron chi connectivity index (χ1n) is 4.48. The van der Waals surface area contributed by atoms with Gasteiger partial charge in [0.1, 0.15) is 18.1 Å². The molecule has 0 fully saturated rings. The Morgan fingerprint density at radius 3 is 2.56 bits per heavy atom. The van der Waals surface area contributed by atoms with Crippen molar-refractivity contribution in [3.8, 4) is 11.5 Å². The van der Waals surface area contributed by atoms with Crippen LogP contribution >= 0.6 is 15.9 Å². The first-order chi connectivity index (χ1) is 8.01. The van der Waals surface area contributed by atoms with Crippen LogP contribution in [0.15, 0.2) is 35.3 Å². The van der Waals surface area contributed by atoms with E-state index in [1.165, 1.54) is 0 Å². The van der Waals surface area contributed by atoms with Crippen LogP contribution in [-0.4, -0.2) is 25.0 Å². The maximum atomic E-state index is 8.44. The topological polar surface area (TPSA) is 78.8 Å². The number of rotatable bonds is 4. The molecule has 0 amide bonds. The fraction of sp³-hybridized carbons (Fsp3) is 0.182. The minimum Gasteiger partial charge on any atom is -0.565 e. The molecule has 0 bridgehead atoms. The molecule has 0 heterocycles. The van der Waals surface area contributed by atoms with E-state index in [1.54, 1.807) is 13.2 Å². The van der Waals surface area contributed by atoms with Gasteiger partial charge in [0.25, 0.3) is 0 Å². The van der Waals surface area contributed by atoms with E-state index in [4.69, 9.17) is 24.5 Å². The van der Waals surface area contributed by atoms with Crippen molar-refractivity contribution in [2.45, 2.75) is 0 Å². The Labute approximate surface area is 156 Å². The maximum absolute atomic E-state index is 8.44. The Morgan fingerprint density at radius 1 is 1.61 bits per heavy atom. The molecule has 18 heavy (non-hydrogen) atoms. The molecule has 0 atom stereocenters. The van der Waals surface area contributed by atoms with Crippen LogP contribution in [-0.2, 0) is 0 Å². The van der Waals surface area contributed by atoms with Gasteiger partial charge in [-0.05, 0) is 34.1 Å². The van der Waals surface area contributed by atoms with Gasteiger partial charge in [-0.1, -0.05) is 12.7 Å². The Hall–Kier alpha value is -0.0536. The molecule has 0 unspecified atom stereocenters. The van der Waals surface area contributed by atoms with Gasteiger partial charge in [0.2, 0.25) is 6.16 Å². The molecule has 0 spiro atoms. The number of methoxy groups -OCH3 is 1. The number of benzene rings is 1. The van der Waals surface area contributed by atoms with Gasteiger partial charge in [0.05, 0.1) is 11.6 Å². The molecule has 0 aliphatic carbocycles. The normalized spacial score (nSPS) is 8.11. The molecule has 0 saturated carbocycles. The van der Waals surface area contributed by atoms with Crippen molar-refractivity contribution >= 4 is 22.1 Å². The molecule has 1 N–H and O–H groups in total. The van der Waals surface area contributed by atoms with Crippen LogP contribution in [0.2, 0.25) is 0 Å². The average Bonchev–Trinajstić information content (AvgIpc) is 2.26. The zero-order chi connectivity index (χ0) is 13.3. The van der Waals surface area contributed by atoms with Crippen molar-refractivity contribution in [1.29, 1.82) is 0 Å². The van der Waals surface area contributed by atoms with E-state index in [9.17, 15) is 0 Å². The van der Waals surface area contributed by atoms with Crippen molar-refractivity contribution in [3.63, 3.8) is 0 Å². The molecular weight excluding hydrogens is 331 g/mol. The first-order valence-corrected chi connectivity index (χ1v) is 5.27. The van der Waals surface area contributed by atoms with E-state index in [0.717, 1.165) is 16.0 Å². The fourth-order valence-electron chi connectivity index (χ4n) is 0.892. The van der Waals surface area contributed by atoms with Gasteiger partial charge in [-0.15, -0.1) is 0 Å². The Kier molecular flexibility index (Phi) is 13.5. The number of hydrogen-bond acceptors (Lipinski definition) is 4. The quantitative estimate of drug-likeness (QED) is 0.556.